The van der Waals surface area contributed by atoms with Crippen LogP contribution in [-0.4, -0.2) is 34.3 Å². The zero-order valence-electron chi connectivity index (χ0n) is 11.7. The van der Waals surface area contributed by atoms with Gasteiger partial charge in [-0.25, -0.2) is 0 Å². The van der Waals surface area contributed by atoms with Crippen molar-refractivity contribution in [3.05, 3.63) is 28.8 Å². The number of halogens is 1. The number of carboxylic acids is 1. The minimum atomic E-state index is -0.826. The van der Waals surface area contributed by atoms with Crippen molar-refractivity contribution in [2.24, 2.45) is 0 Å². The smallest absolute Gasteiger partial charge is 0.320 e. The Morgan fingerprint density at radius 1 is 1.42 bits per heavy atom. The second kappa shape index (κ2) is 7.17. The number of hydrogen-bond donors (Lipinski definition) is 1. The lowest BCUT2D eigenvalue weighted by molar-refractivity contribution is -0.142. The van der Waals surface area contributed by atoms with Gasteiger partial charge in [0.2, 0.25) is 0 Å². The number of carbonyl (C=O) groups is 1. The molecule has 1 unspecified atom stereocenters. The Kier molecular flexibility index (Phi) is 6.17. The minimum Gasteiger partial charge on any atom is -0.480 e. The largest absolute Gasteiger partial charge is 0.480 e. The predicted octanol–water partition coefficient (Wildman–Crippen LogP) is 3.75. The first-order valence-corrected chi connectivity index (χ1v) is 7.45. The summed E-state index contributed by atoms with van der Waals surface area (Å²) in [6.45, 7) is 6.45. The molecule has 0 spiro atoms. The molecule has 19 heavy (non-hydrogen) atoms. The molecule has 0 aromatic heterocycles. The predicted molar refractivity (Wildman–Crippen MR) is 81.0 cm³/mol. The molecular formula is C14H20ClNO2S. The molecule has 0 aliphatic rings. The first kappa shape index (κ1) is 16.3. The van der Waals surface area contributed by atoms with E-state index < -0.39 is 12.0 Å². The highest BCUT2D eigenvalue weighted by Crippen LogP contribution is 2.32. The fourth-order valence-corrected chi connectivity index (χ4v) is 2.90. The number of aliphatic carboxylic acids is 1. The van der Waals surface area contributed by atoms with Crippen LogP contribution in [0.25, 0.3) is 0 Å². The summed E-state index contributed by atoms with van der Waals surface area (Å²) in [6.07, 6.45) is 0. The number of likely N-dealkylation sites (N-methyl/N-ethyl adjacent to an activating group) is 1. The van der Waals surface area contributed by atoms with E-state index in [4.69, 9.17) is 16.7 Å². The molecule has 1 N–H and O–H groups in total. The Balaban J connectivity index is 2.96. The molecule has 0 amide bonds. The topological polar surface area (TPSA) is 40.5 Å². The summed E-state index contributed by atoms with van der Waals surface area (Å²) in [5.41, 5.74) is 0.999. The molecule has 0 bridgehead atoms. The van der Waals surface area contributed by atoms with Crippen molar-refractivity contribution < 1.29 is 9.90 Å². The van der Waals surface area contributed by atoms with Crippen molar-refractivity contribution in [2.75, 3.05) is 7.05 Å². The van der Waals surface area contributed by atoms with Gasteiger partial charge in [-0.3, -0.25) is 9.69 Å². The van der Waals surface area contributed by atoms with Crippen molar-refractivity contribution >= 4 is 29.3 Å². The Hall–Kier alpha value is -0.710. The van der Waals surface area contributed by atoms with Gasteiger partial charge in [0.15, 0.2) is 0 Å². The third kappa shape index (κ3) is 4.71. The lowest BCUT2D eigenvalue weighted by Crippen LogP contribution is -2.35. The van der Waals surface area contributed by atoms with Gasteiger partial charge in [0.25, 0.3) is 0 Å². The van der Waals surface area contributed by atoms with E-state index in [1.54, 1.807) is 30.6 Å². The average molecular weight is 302 g/mol. The van der Waals surface area contributed by atoms with Gasteiger partial charge < -0.3 is 5.11 Å². The van der Waals surface area contributed by atoms with Gasteiger partial charge in [-0.1, -0.05) is 31.5 Å². The Bertz CT molecular complexity index is 451. The zero-order chi connectivity index (χ0) is 14.6. The van der Waals surface area contributed by atoms with Crippen molar-refractivity contribution in [2.45, 2.75) is 43.5 Å². The molecule has 5 heteroatoms. The van der Waals surface area contributed by atoms with E-state index in [1.807, 2.05) is 18.2 Å². The zero-order valence-corrected chi connectivity index (χ0v) is 13.3. The summed E-state index contributed by atoms with van der Waals surface area (Å²) in [7, 11) is 1.80. The summed E-state index contributed by atoms with van der Waals surface area (Å²) in [5, 5.41) is 10.2. The van der Waals surface area contributed by atoms with Gasteiger partial charge in [-0.15, -0.1) is 11.8 Å². The second-order valence-corrected chi connectivity index (χ2v) is 6.84. The molecule has 0 saturated heterocycles. The maximum Gasteiger partial charge on any atom is 0.320 e. The third-order valence-electron chi connectivity index (χ3n) is 2.86. The van der Waals surface area contributed by atoms with Crippen LogP contribution in [0.3, 0.4) is 0 Å². The quantitative estimate of drug-likeness (QED) is 0.813. The van der Waals surface area contributed by atoms with Crippen LogP contribution in [0.1, 0.15) is 26.3 Å². The van der Waals surface area contributed by atoms with E-state index in [0.717, 1.165) is 10.5 Å². The summed E-state index contributed by atoms with van der Waals surface area (Å²) in [5.74, 6) is -0.826. The second-order valence-electron chi connectivity index (χ2n) is 4.81. The molecule has 1 rings (SSSR count). The molecule has 3 nitrogen and oxygen atoms in total. The number of hydrogen-bond acceptors (Lipinski definition) is 3. The number of benzene rings is 1. The molecule has 1 atom stereocenters. The summed E-state index contributed by atoms with van der Waals surface area (Å²) in [4.78, 5) is 13.9. The maximum atomic E-state index is 11.0. The molecule has 0 radical (unpaired) electrons. The van der Waals surface area contributed by atoms with E-state index in [0.29, 0.717) is 16.8 Å². The summed E-state index contributed by atoms with van der Waals surface area (Å²) in [6, 6.07) is 5.27. The fraction of sp³-hybridized carbons (Fsp3) is 0.500. The average Bonchev–Trinajstić information content (AvgIpc) is 2.31. The van der Waals surface area contributed by atoms with Crippen LogP contribution in [0.4, 0.5) is 0 Å². The van der Waals surface area contributed by atoms with Gasteiger partial charge in [0.1, 0.15) is 6.04 Å². The number of thioether (sulfide) groups is 1. The van der Waals surface area contributed by atoms with E-state index in [1.165, 1.54) is 0 Å². The van der Waals surface area contributed by atoms with E-state index in [-0.39, 0.29) is 0 Å². The first-order valence-electron chi connectivity index (χ1n) is 6.20. The molecule has 1 aromatic rings. The normalized spacial score (nSPS) is 13.0. The van der Waals surface area contributed by atoms with E-state index in [9.17, 15) is 4.79 Å². The van der Waals surface area contributed by atoms with Crippen LogP contribution >= 0.6 is 23.4 Å². The van der Waals surface area contributed by atoms with Crippen molar-refractivity contribution in [1.82, 2.24) is 4.90 Å². The molecule has 0 fully saturated rings. The maximum absolute atomic E-state index is 11.0. The number of carboxylic acid groups (broad SMARTS) is 1. The van der Waals surface area contributed by atoms with Crippen molar-refractivity contribution in [1.29, 1.82) is 0 Å². The van der Waals surface area contributed by atoms with Gasteiger partial charge in [0.05, 0.1) is 0 Å². The van der Waals surface area contributed by atoms with Gasteiger partial charge in [-0.2, -0.15) is 0 Å². The molecule has 106 valence electrons. The van der Waals surface area contributed by atoms with E-state index in [2.05, 4.69) is 13.8 Å². The third-order valence-corrected chi connectivity index (χ3v) is 4.33. The summed E-state index contributed by atoms with van der Waals surface area (Å²) < 4.78 is 0. The van der Waals surface area contributed by atoms with Crippen LogP contribution in [-0.2, 0) is 11.3 Å². The molecular weight excluding hydrogens is 282 g/mol. The lowest BCUT2D eigenvalue weighted by atomic mass is 10.2. The van der Waals surface area contributed by atoms with Crippen LogP contribution in [0.15, 0.2) is 23.1 Å². The molecule has 0 aliphatic carbocycles. The highest BCUT2D eigenvalue weighted by atomic mass is 35.5. The van der Waals surface area contributed by atoms with Crippen LogP contribution < -0.4 is 0 Å². The highest BCUT2D eigenvalue weighted by molar-refractivity contribution is 8.00. The Labute approximate surface area is 123 Å². The summed E-state index contributed by atoms with van der Waals surface area (Å²) >= 11 is 8.00. The van der Waals surface area contributed by atoms with Crippen molar-refractivity contribution in [3.63, 3.8) is 0 Å². The molecule has 0 heterocycles. The van der Waals surface area contributed by atoms with Crippen LogP contribution in [0, 0.1) is 0 Å². The standard InChI is InChI=1S/C14H20ClNO2S/c1-9(2)19-13-7-5-6-12(15)11(13)8-16(4)10(3)14(17)18/h5-7,9-10H,8H2,1-4H3,(H,17,18). The minimum absolute atomic E-state index is 0.458. The highest BCUT2D eigenvalue weighted by Gasteiger charge is 2.19. The monoisotopic (exact) mass is 301 g/mol. The van der Waals surface area contributed by atoms with Gasteiger partial charge >= 0.3 is 5.97 Å². The SMILES string of the molecule is CC(C)Sc1cccc(Cl)c1CN(C)C(C)C(=O)O. The van der Waals surface area contributed by atoms with Crippen molar-refractivity contribution in [3.8, 4) is 0 Å². The van der Waals surface area contributed by atoms with Gasteiger partial charge in [-0.05, 0) is 31.7 Å². The van der Waals surface area contributed by atoms with E-state index >= 15 is 0 Å². The number of nitrogens with zero attached hydrogens (tertiary/aromatic N) is 1. The van der Waals surface area contributed by atoms with Crippen LogP contribution in [0.5, 0.6) is 0 Å². The first-order chi connectivity index (χ1) is 8.82. The van der Waals surface area contributed by atoms with Crippen LogP contribution in [0.2, 0.25) is 5.02 Å². The molecule has 0 saturated carbocycles. The molecule has 1 aromatic carbocycles. The Morgan fingerprint density at radius 2 is 2.05 bits per heavy atom. The van der Waals surface area contributed by atoms with Gasteiger partial charge in [0, 0.05) is 21.7 Å². The number of rotatable bonds is 6. The fourth-order valence-electron chi connectivity index (χ4n) is 1.63. The molecule has 0 aliphatic heterocycles. The lowest BCUT2D eigenvalue weighted by Gasteiger charge is -2.23. The Morgan fingerprint density at radius 3 is 2.58 bits per heavy atom.